The molecule has 0 spiro atoms. The maximum atomic E-state index is 11.9. The number of halogens is 1. The molecular formula is C20H14ClN3O5. The van der Waals surface area contributed by atoms with Crippen molar-refractivity contribution in [2.45, 2.75) is 0 Å². The molecule has 146 valence electrons. The first kappa shape index (κ1) is 20.0. The molecule has 3 rings (SSSR count). The number of anilines is 1. The van der Waals surface area contributed by atoms with Gasteiger partial charge < -0.3 is 10.1 Å². The summed E-state index contributed by atoms with van der Waals surface area (Å²) < 4.78 is 4.89. The molecule has 0 aliphatic rings. The number of carbonyl (C=O) groups excluding carboxylic acids is 2. The topological polar surface area (TPSA) is 111 Å². The second-order valence-corrected chi connectivity index (χ2v) is 6.24. The number of carbonyl (C=O) groups is 2. The van der Waals surface area contributed by atoms with Crippen LogP contribution in [0.3, 0.4) is 0 Å². The van der Waals surface area contributed by atoms with E-state index in [0.717, 1.165) is 22.5 Å². The highest BCUT2D eigenvalue weighted by atomic mass is 35.5. The van der Waals surface area contributed by atoms with E-state index in [0.29, 0.717) is 0 Å². The van der Waals surface area contributed by atoms with Gasteiger partial charge in [-0.1, -0.05) is 35.9 Å². The summed E-state index contributed by atoms with van der Waals surface area (Å²) in [5.74, 6) is -1.36. The Labute approximate surface area is 169 Å². The second kappa shape index (κ2) is 8.94. The lowest BCUT2D eigenvalue weighted by Gasteiger charge is -2.06. The molecule has 29 heavy (non-hydrogen) atoms. The van der Waals surface area contributed by atoms with E-state index >= 15 is 0 Å². The molecular weight excluding hydrogens is 398 g/mol. The number of fused-ring (bicyclic) bond motifs is 1. The molecule has 0 aliphatic carbocycles. The number of benzene rings is 2. The van der Waals surface area contributed by atoms with Crippen LogP contribution in [-0.2, 0) is 14.3 Å². The molecule has 0 saturated carbocycles. The fourth-order valence-electron chi connectivity index (χ4n) is 2.53. The van der Waals surface area contributed by atoms with Crippen LogP contribution in [-0.4, -0.2) is 28.4 Å². The lowest BCUT2D eigenvalue weighted by Crippen LogP contribution is -2.20. The molecule has 0 saturated heterocycles. The number of hydrogen-bond donors (Lipinski definition) is 1. The van der Waals surface area contributed by atoms with Gasteiger partial charge in [0.15, 0.2) is 6.61 Å². The lowest BCUT2D eigenvalue weighted by atomic mass is 10.1. The number of nitro benzene ring substituents is 1. The number of nitro groups is 1. The predicted octanol–water partition coefficient (Wildman–Crippen LogP) is 3.99. The monoisotopic (exact) mass is 411 g/mol. The van der Waals surface area contributed by atoms with Crippen LogP contribution in [0.2, 0.25) is 5.02 Å². The Bertz CT molecular complexity index is 1120. The number of ether oxygens (including phenoxy) is 1. The SMILES string of the molecule is O=C(COC(=O)/C=C/c1cccc2cccnc12)Nc1ccc(Cl)c([N+](=O)[O-])c1. The standard InChI is InChI=1S/C20H14ClN3O5/c21-16-8-7-15(11-17(16)24(27)28)23-18(25)12-29-19(26)9-6-14-4-1-3-13-5-2-10-22-20(13)14/h1-11H,12H2,(H,23,25)/b9-6+. The smallest absolute Gasteiger partial charge is 0.331 e. The van der Waals surface area contributed by atoms with Gasteiger partial charge in [-0.05, 0) is 24.3 Å². The zero-order valence-electron chi connectivity index (χ0n) is 14.9. The fraction of sp³-hybridized carbons (Fsp3) is 0.0500. The molecule has 8 nitrogen and oxygen atoms in total. The minimum Gasteiger partial charge on any atom is -0.452 e. The largest absolute Gasteiger partial charge is 0.452 e. The molecule has 1 N–H and O–H groups in total. The Balaban J connectivity index is 1.58. The van der Waals surface area contributed by atoms with Crippen molar-refractivity contribution in [3.8, 4) is 0 Å². The summed E-state index contributed by atoms with van der Waals surface area (Å²) >= 11 is 5.72. The van der Waals surface area contributed by atoms with E-state index in [2.05, 4.69) is 10.3 Å². The number of aromatic nitrogens is 1. The minimum atomic E-state index is -0.713. The molecule has 9 heteroatoms. The van der Waals surface area contributed by atoms with Crippen molar-refractivity contribution in [3.05, 3.63) is 81.5 Å². The molecule has 0 fully saturated rings. The molecule has 3 aromatic rings. The van der Waals surface area contributed by atoms with Gasteiger partial charge in [-0.25, -0.2) is 4.79 Å². The highest BCUT2D eigenvalue weighted by Crippen LogP contribution is 2.27. The molecule has 1 amide bonds. The number of esters is 1. The Morgan fingerprint density at radius 2 is 2.00 bits per heavy atom. The van der Waals surface area contributed by atoms with Crippen molar-refractivity contribution < 1.29 is 19.2 Å². The molecule has 0 aliphatic heterocycles. The third-order valence-electron chi connectivity index (χ3n) is 3.84. The summed E-state index contributed by atoms with van der Waals surface area (Å²) in [4.78, 5) is 38.3. The average Bonchev–Trinajstić information content (AvgIpc) is 2.72. The van der Waals surface area contributed by atoms with Gasteiger partial charge in [0.25, 0.3) is 11.6 Å². The van der Waals surface area contributed by atoms with Crippen LogP contribution in [0.1, 0.15) is 5.56 Å². The number of nitrogens with zero attached hydrogens (tertiary/aromatic N) is 2. The van der Waals surface area contributed by atoms with Gasteiger partial charge in [0, 0.05) is 35.0 Å². The Morgan fingerprint density at radius 1 is 1.21 bits per heavy atom. The van der Waals surface area contributed by atoms with Gasteiger partial charge in [-0.2, -0.15) is 0 Å². The zero-order chi connectivity index (χ0) is 20.8. The molecule has 0 unspecified atom stereocenters. The van der Waals surface area contributed by atoms with Gasteiger partial charge >= 0.3 is 5.97 Å². The first-order valence-electron chi connectivity index (χ1n) is 8.36. The summed E-state index contributed by atoms with van der Waals surface area (Å²) in [6, 6.07) is 13.1. The van der Waals surface area contributed by atoms with Gasteiger partial charge in [0.2, 0.25) is 0 Å². The van der Waals surface area contributed by atoms with E-state index in [-0.39, 0.29) is 16.4 Å². The maximum absolute atomic E-state index is 11.9. The van der Waals surface area contributed by atoms with Crippen LogP contribution in [0.5, 0.6) is 0 Å². The van der Waals surface area contributed by atoms with Crippen LogP contribution in [0.15, 0.2) is 60.8 Å². The number of hydrogen-bond acceptors (Lipinski definition) is 6. The molecule has 1 heterocycles. The van der Waals surface area contributed by atoms with Gasteiger partial charge in [-0.3, -0.25) is 19.9 Å². The van der Waals surface area contributed by atoms with E-state index in [4.69, 9.17) is 16.3 Å². The Kier molecular flexibility index (Phi) is 6.16. The summed E-state index contributed by atoms with van der Waals surface area (Å²) in [7, 11) is 0. The van der Waals surface area contributed by atoms with Crippen molar-refractivity contribution in [1.82, 2.24) is 4.98 Å². The number of rotatable bonds is 6. The molecule has 2 aromatic carbocycles. The molecule has 0 bridgehead atoms. The number of nitrogens with one attached hydrogen (secondary N) is 1. The van der Waals surface area contributed by atoms with E-state index in [1.165, 1.54) is 18.2 Å². The Hall–Kier alpha value is -3.78. The molecule has 0 radical (unpaired) electrons. The van der Waals surface area contributed by atoms with Crippen LogP contribution in [0, 0.1) is 10.1 Å². The van der Waals surface area contributed by atoms with E-state index < -0.39 is 23.4 Å². The number of para-hydroxylation sites is 1. The lowest BCUT2D eigenvalue weighted by molar-refractivity contribution is -0.384. The van der Waals surface area contributed by atoms with Crippen LogP contribution < -0.4 is 5.32 Å². The van der Waals surface area contributed by atoms with E-state index in [1.807, 2.05) is 24.3 Å². The third kappa shape index (κ3) is 5.14. The molecule has 1 aromatic heterocycles. The second-order valence-electron chi connectivity index (χ2n) is 5.83. The molecule has 0 atom stereocenters. The average molecular weight is 412 g/mol. The van der Waals surface area contributed by atoms with Crippen molar-refractivity contribution >= 4 is 51.8 Å². The zero-order valence-corrected chi connectivity index (χ0v) is 15.6. The highest BCUT2D eigenvalue weighted by molar-refractivity contribution is 6.32. The van der Waals surface area contributed by atoms with E-state index in [9.17, 15) is 19.7 Å². The van der Waals surface area contributed by atoms with E-state index in [1.54, 1.807) is 18.3 Å². The maximum Gasteiger partial charge on any atom is 0.331 e. The van der Waals surface area contributed by atoms with Crippen molar-refractivity contribution in [1.29, 1.82) is 0 Å². The van der Waals surface area contributed by atoms with Crippen LogP contribution in [0.25, 0.3) is 17.0 Å². The first-order chi connectivity index (χ1) is 13.9. The van der Waals surface area contributed by atoms with Crippen molar-refractivity contribution in [2.24, 2.45) is 0 Å². The summed E-state index contributed by atoms with van der Waals surface area (Å²) in [5.41, 5.74) is 1.30. The summed E-state index contributed by atoms with van der Waals surface area (Å²) in [6.07, 6.45) is 4.41. The summed E-state index contributed by atoms with van der Waals surface area (Å²) in [5, 5.41) is 14.2. The predicted molar refractivity (Wildman–Crippen MR) is 108 cm³/mol. The van der Waals surface area contributed by atoms with Gasteiger partial charge in [-0.15, -0.1) is 0 Å². The normalized spacial score (nSPS) is 10.8. The first-order valence-corrected chi connectivity index (χ1v) is 8.74. The van der Waals surface area contributed by atoms with Gasteiger partial charge in [0.05, 0.1) is 10.4 Å². The quantitative estimate of drug-likeness (QED) is 0.284. The minimum absolute atomic E-state index is 0.0486. The van der Waals surface area contributed by atoms with Gasteiger partial charge in [0.1, 0.15) is 5.02 Å². The van der Waals surface area contributed by atoms with Crippen molar-refractivity contribution in [3.63, 3.8) is 0 Å². The third-order valence-corrected chi connectivity index (χ3v) is 4.15. The van der Waals surface area contributed by atoms with Crippen LogP contribution in [0.4, 0.5) is 11.4 Å². The van der Waals surface area contributed by atoms with Crippen molar-refractivity contribution in [2.75, 3.05) is 11.9 Å². The Morgan fingerprint density at radius 3 is 2.79 bits per heavy atom. The highest BCUT2D eigenvalue weighted by Gasteiger charge is 2.14. The number of pyridine rings is 1. The fourth-order valence-corrected chi connectivity index (χ4v) is 2.72. The number of amides is 1. The van der Waals surface area contributed by atoms with Crippen LogP contribution >= 0.6 is 11.6 Å². The summed E-state index contributed by atoms with van der Waals surface area (Å²) in [6.45, 7) is -0.548.